The Bertz CT molecular complexity index is 1330. The van der Waals surface area contributed by atoms with E-state index in [0.717, 1.165) is 17.0 Å². The van der Waals surface area contributed by atoms with Crippen LogP contribution in [0.4, 0.5) is 5.69 Å². The number of aromatic hydroxyl groups is 1. The lowest BCUT2D eigenvalue weighted by molar-refractivity contribution is 0.394. The highest BCUT2D eigenvalue weighted by Gasteiger charge is 2.16. The van der Waals surface area contributed by atoms with Gasteiger partial charge in [-0.25, -0.2) is 9.79 Å². The van der Waals surface area contributed by atoms with Gasteiger partial charge in [0.1, 0.15) is 22.7 Å². The fraction of sp³-hybridized carbons (Fsp3) is 0.118. The van der Waals surface area contributed by atoms with Crippen LogP contribution in [-0.4, -0.2) is 45.1 Å². The van der Waals surface area contributed by atoms with E-state index in [1.54, 1.807) is 18.2 Å². The Morgan fingerprint density at radius 1 is 1.14 bits per heavy atom. The van der Waals surface area contributed by atoms with Gasteiger partial charge in [-0.1, -0.05) is 0 Å². The van der Waals surface area contributed by atoms with Gasteiger partial charge in [0.15, 0.2) is 4.77 Å². The molecule has 0 amide bonds. The predicted octanol–water partition coefficient (Wildman–Crippen LogP) is 0.745. The Hall–Kier alpha value is -3.93. The number of rotatable bonds is 5. The lowest BCUT2D eigenvalue weighted by Gasteiger charge is -2.15. The predicted molar refractivity (Wildman–Crippen MR) is 107 cm³/mol. The van der Waals surface area contributed by atoms with Gasteiger partial charge in [0.05, 0.1) is 19.9 Å². The van der Waals surface area contributed by atoms with Gasteiger partial charge in [-0.2, -0.15) is 0 Å². The van der Waals surface area contributed by atoms with Crippen molar-refractivity contribution in [3.8, 4) is 23.1 Å². The zero-order chi connectivity index (χ0) is 21.1. The number of aromatic amines is 3. The summed E-state index contributed by atoms with van der Waals surface area (Å²) < 4.78 is 11.5. The Morgan fingerprint density at radius 3 is 2.55 bits per heavy atom. The van der Waals surface area contributed by atoms with Crippen molar-refractivity contribution in [3.63, 3.8) is 0 Å². The molecular weight excluding hydrogens is 402 g/mol. The number of hydrogen-bond acceptors (Lipinski definition) is 8. The Morgan fingerprint density at radius 2 is 1.90 bits per heavy atom. The van der Waals surface area contributed by atoms with Crippen LogP contribution in [0, 0.1) is 4.77 Å². The summed E-state index contributed by atoms with van der Waals surface area (Å²) in [5.41, 5.74) is -2.32. The molecule has 2 heterocycles. The normalized spacial score (nSPS) is 11.0. The van der Waals surface area contributed by atoms with E-state index < -0.39 is 22.7 Å². The lowest BCUT2D eigenvalue weighted by Crippen LogP contribution is -2.21. The summed E-state index contributed by atoms with van der Waals surface area (Å²) in [5.74, 6) is 0.280. The van der Waals surface area contributed by atoms with Crippen LogP contribution in [0.3, 0.4) is 0 Å². The summed E-state index contributed by atoms with van der Waals surface area (Å²) in [5, 5.41) is 10.7. The van der Waals surface area contributed by atoms with E-state index in [1.165, 1.54) is 14.2 Å². The molecule has 150 valence electrons. The minimum absolute atomic E-state index is 0.0990. The number of methoxy groups -OCH3 is 2. The molecule has 0 fully saturated rings. The highest BCUT2D eigenvalue weighted by Crippen LogP contribution is 2.30. The van der Waals surface area contributed by atoms with Crippen molar-refractivity contribution in [3.05, 3.63) is 65.9 Å². The molecule has 3 aromatic rings. The van der Waals surface area contributed by atoms with E-state index in [0.29, 0.717) is 17.2 Å². The maximum Gasteiger partial charge on any atom is 0.325 e. The molecule has 0 aliphatic heterocycles. The third-order valence-electron chi connectivity index (χ3n) is 3.88. The maximum atomic E-state index is 12.3. The largest absolute Gasteiger partial charge is 0.497 e. The number of aromatic nitrogens is 4. The molecule has 0 saturated heterocycles. The molecule has 11 nitrogen and oxygen atoms in total. The topological polar surface area (TPSA) is 155 Å². The van der Waals surface area contributed by atoms with Crippen molar-refractivity contribution in [2.75, 3.05) is 14.2 Å². The Balaban J connectivity index is 2.22. The molecule has 0 bridgehead atoms. The van der Waals surface area contributed by atoms with Gasteiger partial charge in [0.2, 0.25) is 5.88 Å². The van der Waals surface area contributed by atoms with Crippen LogP contribution in [0.25, 0.3) is 5.69 Å². The molecule has 0 saturated carbocycles. The van der Waals surface area contributed by atoms with Gasteiger partial charge in [0.25, 0.3) is 11.1 Å². The quantitative estimate of drug-likeness (QED) is 0.353. The Labute approximate surface area is 166 Å². The molecule has 0 spiro atoms. The number of aliphatic imine (C=N–C) groups is 1. The first-order chi connectivity index (χ1) is 13.8. The van der Waals surface area contributed by atoms with Crippen LogP contribution in [0.1, 0.15) is 5.56 Å². The van der Waals surface area contributed by atoms with Gasteiger partial charge in [0, 0.05) is 18.5 Å². The molecule has 0 aliphatic carbocycles. The van der Waals surface area contributed by atoms with Crippen LogP contribution in [0.2, 0.25) is 0 Å². The summed E-state index contributed by atoms with van der Waals surface area (Å²) in [7, 11) is 2.90. The molecular formula is C17H15N5O6S. The highest BCUT2D eigenvalue weighted by molar-refractivity contribution is 7.71. The summed E-state index contributed by atoms with van der Waals surface area (Å²) in [6.45, 7) is 0. The first-order valence-corrected chi connectivity index (χ1v) is 8.43. The van der Waals surface area contributed by atoms with E-state index in [2.05, 4.69) is 15.0 Å². The number of nitrogens with one attached hydrogen (secondary N) is 3. The van der Waals surface area contributed by atoms with Gasteiger partial charge < -0.3 is 19.6 Å². The molecule has 0 unspecified atom stereocenters. The summed E-state index contributed by atoms with van der Waals surface area (Å²) in [6, 6.07) is 4.81. The molecule has 12 heteroatoms. The number of nitrogens with zero attached hydrogens (tertiary/aromatic N) is 2. The van der Waals surface area contributed by atoms with E-state index in [1.807, 2.05) is 4.98 Å². The molecule has 0 atom stereocenters. The van der Waals surface area contributed by atoms with Crippen LogP contribution in [0.5, 0.6) is 17.4 Å². The number of ether oxygens (including phenoxy) is 2. The third kappa shape index (κ3) is 3.87. The summed E-state index contributed by atoms with van der Waals surface area (Å²) in [6.07, 6.45) is 2.05. The van der Waals surface area contributed by atoms with E-state index in [-0.39, 0.29) is 16.0 Å². The lowest BCUT2D eigenvalue weighted by atomic mass is 10.2. The zero-order valence-electron chi connectivity index (χ0n) is 15.2. The van der Waals surface area contributed by atoms with Crippen molar-refractivity contribution < 1.29 is 14.6 Å². The minimum Gasteiger partial charge on any atom is -0.497 e. The third-order valence-corrected chi connectivity index (χ3v) is 4.16. The average Bonchev–Trinajstić information content (AvgIpc) is 2.68. The minimum atomic E-state index is -0.761. The summed E-state index contributed by atoms with van der Waals surface area (Å²) in [4.78, 5) is 45.7. The fourth-order valence-corrected chi connectivity index (χ4v) is 2.76. The van der Waals surface area contributed by atoms with Gasteiger partial charge in [-0.3, -0.25) is 24.1 Å². The molecule has 2 aromatic heterocycles. The van der Waals surface area contributed by atoms with Crippen molar-refractivity contribution in [1.82, 2.24) is 19.5 Å². The van der Waals surface area contributed by atoms with E-state index in [9.17, 15) is 19.5 Å². The highest BCUT2D eigenvalue weighted by atomic mass is 32.1. The molecule has 0 aliphatic rings. The van der Waals surface area contributed by atoms with Crippen molar-refractivity contribution in [2.45, 2.75) is 0 Å². The Kier molecular flexibility index (Phi) is 5.45. The first-order valence-electron chi connectivity index (χ1n) is 8.02. The van der Waals surface area contributed by atoms with Gasteiger partial charge in [-0.15, -0.1) is 0 Å². The van der Waals surface area contributed by atoms with Crippen molar-refractivity contribution in [1.29, 1.82) is 0 Å². The van der Waals surface area contributed by atoms with Crippen molar-refractivity contribution >= 4 is 24.1 Å². The number of H-pyrrole nitrogens is 3. The van der Waals surface area contributed by atoms with Gasteiger partial charge in [-0.05, 0) is 24.4 Å². The molecule has 1 aromatic carbocycles. The van der Waals surface area contributed by atoms with Crippen LogP contribution in [0.15, 0.2) is 43.8 Å². The standard InChI is InChI=1S/C17H15N5O6S/c1-27-8-3-4-12(28-2)11(5-8)22-15(25)9(13(23)21-17(22)29)6-18-10-7-19-16(26)20-14(10)24/h3-7,25H,1-2H3,(H,21,23,29)(H2,19,20,24,26). The smallest absolute Gasteiger partial charge is 0.325 e. The van der Waals surface area contributed by atoms with Crippen LogP contribution in [-0.2, 0) is 0 Å². The number of benzene rings is 1. The second kappa shape index (κ2) is 7.98. The maximum absolute atomic E-state index is 12.3. The van der Waals surface area contributed by atoms with Crippen LogP contribution >= 0.6 is 12.2 Å². The zero-order valence-corrected chi connectivity index (χ0v) is 16.0. The molecule has 0 radical (unpaired) electrons. The fourth-order valence-electron chi connectivity index (χ4n) is 2.48. The van der Waals surface area contributed by atoms with Crippen LogP contribution < -0.4 is 26.3 Å². The number of hydrogen-bond donors (Lipinski definition) is 4. The SMILES string of the molecule is COc1ccc(OC)c(-n2c(O)c(C=Nc3c[nH]c(=O)[nH]c3=O)c(=O)[nH]c2=S)c1. The molecule has 3 rings (SSSR count). The first kappa shape index (κ1) is 19.8. The second-order valence-electron chi connectivity index (χ2n) is 5.59. The van der Waals surface area contributed by atoms with E-state index in [4.69, 9.17) is 21.7 Å². The van der Waals surface area contributed by atoms with E-state index >= 15 is 0 Å². The summed E-state index contributed by atoms with van der Waals surface area (Å²) >= 11 is 5.18. The molecule has 4 N–H and O–H groups in total. The second-order valence-corrected chi connectivity index (χ2v) is 5.97. The molecule has 29 heavy (non-hydrogen) atoms. The van der Waals surface area contributed by atoms with Gasteiger partial charge >= 0.3 is 5.69 Å². The monoisotopic (exact) mass is 417 g/mol. The van der Waals surface area contributed by atoms with Crippen molar-refractivity contribution in [2.24, 2.45) is 4.99 Å². The average molecular weight is 417 g/mol.